The van der Waals surface area contributed by atoms with Gasteiger partial charge in [-0.2, -0.15) is 5.26 Å². The molecule has 0 aliphatic carbocycles. The highest BCUT2D eigenvalue weighted by Crippen LogP contribution is 2.30. The van der Waals surface area contributed by atoms with Crippen LogP contribution in [0.4, 0.5) is 10.1 Å². The number of halogens is 1. The number of anilines is 1. The number of carbonyl (C=O) groups excluding carboxylic acids is 1. The SMILES string of the molecule is COc1ccc(F)cc1N(C)C(=O)C(C)(C)C#N. The maximum absolute atomic E-state index is 13.2. The van der Waals surface area contributed by atoms with Gasteiger partial charge in [-0.3, -0.25) is 4.79 Å². The minimum atomic E-state index is -1.17. The van der Waals surface area contributed by atoms with Gasteiger partial charge in [0.25, 0.3) is 0 Å². The van der Waals surface area contributed by atoms with Crippen LogP contribution in [-0.4, -0.2) is 20.1 Å². The number of hydrogen-bond acceptors (Lipinski definition) is 3. The summed E-state index contributed by atoms with van der Waals surface area (Å²) in [5, 5.41) is 8.94. The first kappa shape index (κ1) is 14.0. The van der Waals surface area contributed by atoms with Crippen LogP contribution in [0.25, 0.3) is 0 Å². The highest BCUT2D eigenvalue weighted by Gasteiger charge is 2.32. The van der Waals surface area contributed by atoms with Crippen molar-refractivity contribution in [1.29, 1.82) is 5.26 Å². The molecule has 1 rings (SSSR count). The number of amides is 1. The van der Waals surface area contributed by atoms with Gasteiger partial charge < -0.3 is 9.64 Å². The first-order valence-electron chi connectivity index (χ1n) is 5.36. The number of rotatable bonds is 3. The third-order valence-corrected chi connectivity index (χ3v) is 2.62. The highest BCUT2D eigenvalue weighted by atomic mass is 19.1. The van der Waals surface area contributed by atoms with E-state index < -0.39 is 17.1 Å². The number of hydrogen-bond donors (Lipinski definition) is 0. The lowest BCUT2D eigenvalue weighted by atomic mass is 9.94. The molecule has 0 aliphatic rings. The van der Waals surface area contributed by atoms with Gasteiger partial charge in [-0.25, -0.2) is 4.39 Å². The minimum Gasteiger partial charge on any atom is -0.495 e. The summed E-state index contributed by atoms with van der Waals surface area (Å²) in [5.74, 6) is -0.518. The van der Waals surface area contributed by atoms with Crippen LogP contribution < -0.4 is 9.64 Å². The van der Waals surface area contributed by atoms with Crippen molar-refractivity contribution in [2.24, 2.45) is 5.41 Å². The normalized spacial score (nSPS) is 10.7. The molecule has 0 heterocycles. The van der Waals surface area contributed by atoms with Gasteiger partial charge >= 0.3 is 0 Å². The maximum atomic E-state index is 13.2. The third-order valence-electron chi connectivity index (χ3n) is 2.62. The van der Waals surface area contributed by atoms with Crippen LogP contribution in [0.1, 0.15) is 13.8 Å². The monoisotopic (exact) mass is 250 g/mol. The molecule has 0 saturated heterocycles. The van der Waals surface area contributed by atoms with E-state index in [4.69, 9.17) is 10.00 Å². The van der Waals surface area contributed by atoms with Gasteiger partial charge in [-0.05, 0) is 26.0 Å². The van der Waals surface area contributed by atoms with Crippen molar-refractivity contribution < 1.29 is 13.9 Å². The molecule has 0 aliphatic heterocycles. The van der Waals surface area contributed by atoms with Crippen LogP contribution in [0.5, 0.6) is 5.75 Å². The number of methoxy groups -OCH3 is 1. The first-order chi connectivity index (χ1) is 8.33. The molecule has 1 aromatic carbocycles. The average molecular weight is 250 g/mol. The van der Waals surface area contributed by atoms with Crippen molar-refractivity contribution in [3.8, 4) is 11.8 Å². The van der Waals surface area contributed by atoms with Gasteiger partial charge in [0.15, 0.2) is 0 Å². The lowest BCUT2D eigenvalue weighted by Crippen LogP contribution is -2.37. The van der Waals surface area contributed by atoms with E-state index >= 15 is 0 Å². The molecule has 0 bridgehead atoms. The zero-order valence-electron chi connectivity index (χ0n) is 10.8. The van der Waals surface area contributed by atoms with Gasteiger partial charge in [0, 0.05) is 13.1 Å². The Balaban J connectivity index is 3.19. The number of nitriles is 1. The van der Waals surface area contributed by atoms with E-state index in [1.165, 1.54) is 51.1 Å². The number of ether oxygens (including phenoxy) is 1. The molecule has 18 heavy (non-hydrogen) atoms. The van der Waals surface area contributed by atoms with Crippen LogP contribution >= 0.6 is 0 Å². The fourth-order valence-electron chi connectivity index (χ4n) is 1.50. The van der Waals surface area contributed by atoms with Crippen LogP contribution in [0.2, 0.25) is 0 Å². The third kappa shape index (κ3) is 2.59. The minimum absolute atomic E-state index is 0.297. The zero-order chi connectivity index (χ0) is 13.9. The van der Waals surface area contributed by atoms with E-state index in [2.05, 4.69) is 0 Å². The molecule has 0 saturated carbocycles. The Kier molecular flexibility index (Phi) is 3.92. The van der Waals surface area contributed by atoms with Gasteiger partial charge in [-0.15, -0.1) is 0 Å². The molecule has 0 unspecified atom stereocenters. The topological polar surface area (TPSA) is 53.3 Å². The molecule has 5 heteroatoms. The fraction of sp³-hybridized carbons (Fsp3) is 0.385. The van der Waals surface area contributed by atoms with E-state index in [1.54, 1.807) is 0 Å². The van der Waals surface area contributed by atoms with Gasteiger partial charge in [0.2, 0.25) is 5.91 Å². The highest BCUT2D eigenvalue weighted by molar-refractivity contribution is 5.99. The quantitative estimate of drug-likeness (QED) is 0.827. The Bertz CT molecular complexity index is 506. The summed E-state index contributed by atoms with van der Waals surface area (Å²) in [6.07, 6.45) is 0. The number of nitrogens with zero attached hydrogens (tertiary/aromatic N) is 2. The Labute approximate surface area is 106 Å². The summed E-state index contributed by atoms with van der Waals surface area (Å²) >= 11 is 0. The molecule has 0 atom stereocenters. The predicted octanol–water partition coefficient (Wildman–Crippen LogP) is 2.35. The molecule has 0 radical (unpaired) electrons. The largest absolute Gasteiger partial charge is 0.495 e. The van der Waals surface area contributed by atoms with Crippen LogP contribution in [0.3, 0.4) is 0 Å². The molecule has 0 spiro atoms. The van der Waals surface area contributed by atoms with Crippen molar-refractivity contribution in [3.63, 3.8) is 0 Å². The van der Waals surface area contributed by atoms with Crippen molar-refractivity contribution >= 4 is 11.6 Å². The molecule has 0 aromatic heterocycles. The molecular formula is C13H15FN2O2. The van der Waals surface area contributed by atoms with E-state index in [1.807, 2.05) is 6.07 Å². The van der Waals surface area contributed by atoms with Crippen LogP contribution in [0, 0.1) is 22.6 Å². The van der Waals surface area contributed by atoms with Crippen molar-refractivity contribution in [2.45, 2.75) is 13.8 Å². The lowest BCUT2D eigenvalue weighted by Gasteiger charge is -2.25. The van der Waals surface area contributed by atoms with E-state index in [0.717, 1.165) is 0 Å². The van der Waals surface area contributed by atoms with Gasteiger partial charge in [-0.1, -0.05) is 0 Å². The smallest absolute Gasteiger partial charge is 0.246 e. The summed E-state index contributed by atoms with van der Waals surface area (Å²) in [5.41, 5.74) is -0.877. The Morgan fingerprint density at radius 1 is 1.50 bits per heavy atom. The Hall–Kier alpha value is -2.09. The average Bonchev–Trinajstić information content (AvgIpc) is 2.36. The summed E-state index contributed by atoms with van der Waals surface area (Å²) in [6, 6.07) is 5.80. The molecule has 1 amide bonds. The van der Waals surface area contributed by atoms with Crippen molar-refractivity contribution in [3.05, 3.63) is 24.0 Å². The van der Waals surface area contributed by atoms with E-state index in [0.29, 0.717) is 11.4 Å². The second-order valence-corrected chi connectivity index (χ2v) is 4.42. The molecular weight excluding hydrogens is 235 g/mol. The summed E-state index contributed by atoms with van der Waals surface area (Å²) < 4.78 is 18.3. The zero-order valence-corrected chi connectivity index (χ0v) is 10.8. The van der Waals surface area contributed by atoms with Gasteiger partial charge in [0.1, 0.15) is 17.0 Å². The van der Waals surface area contributed by atoms with Crippen molar-refractivity contribution in [2.75, 3.05) is 19.1 Å². The van der Waals surface area contributed by atoms with Crippen molar-refractivity contribution in [1.82, 2.24) is 0 Å². The summed E-state index contributed by atoms with van der Waals surface area (Å²) in [7, 11) is 2.92. The molecule has 4 nitrogen and oxygen atoms in total. The van der Waals surface area contributed by atoms with E-state index in [-0.39, 0.29) is 0 Å². The predicted molar refractivity (Wildman–Crippen MR) is 65.8 cm³/mol. The Morgan fingerprint density at radius 3 is 2.61 bits per heavy atom. The molecule has 96 valence electrons. The van der Waals surface area contributed by atoms with E-state index in [9.17, 15) is 9.18 Å². The number of benzene rings is 1. The number of carbonyl (C=O) groups is 1. The second kappa shape index (κ2) is 5.05. The molecule has 0 fully saturated rings. The Morgan fingerprint density at radius 2 is 2.11 bits per heavy atom. The second-order valence-electron chi connectivity index (χ2n) is 4.42. The molecule has 0 N–H and O–H groups in total. The van der Waals surface area contributed by atoms with Crippen LogP contribution in [-0.2, 0) is 4.79 Å². The lowest BCUT2D eigenvalue weighted by molar-refractivity contribution is -0.123. The fourth-order valence-corrected chi connectivity index (χ4v) is 1.50. The first-order valence-corrected chi connectivity index (χ1v) is 5.36. The standard InChI is InChI=1S/C13H15FN2O2/c1-13(2,8-15)12(17)16(3)10-7-9(14)5-6-11(10)18-4/h5-7H,1-4H3. The molecule has 1 aromatic rings. The maximum Gasteiger partial charge on any atom is 0.246 e. The van der Waals surface area contributed by atoms with Gasteiger partial charge in [0.05, 0.1) is 18.9 Å². The summed E-state index contributed by atoms with van der Waals surface area (Å²) in [6.45, 7) is 3.02. The van der Waals surface area contributed by atoms with Crippen LogP contribution in [0.15, 0.2) is 18.2 Å². The summed E-state index contributed by atoms with van der Waals surface area (Å²) in [4.78, 5) is 13.3.